The van der Waals surface area contributed by atoms with E-state index in [0.29, 0.717) is 5.71 Å². The summed E-state index contributed by atoms with van der Waals surface area (Å²) in [5.74, 6) is 0.807. The summed E-state index contributed by atoms with van der Waals surface area (Å²) in [6, 6.07) is 48.3. The summed E-state index contributed by atoms with van der Waals surface area (Å²) < 4.78 is 8.60. The molecular formula is C49H44IrN4OSi-2. The summed E-state index contributed by atoms with van der Waals surface area (Å²) in [5, 5.41) is 3.49. The molecular weight excluding hydrogens is 881 g/mol. The SMILES string of the molecule is CCc1cc(-c2[c-]cccc2)ncc1[Si](C)(C)C.Cc1ccc2c(n1)oc1c(-c3nc4ccccc4n3-c3c(C)cc(-c4ccccc4)cc3C)[c-]ccc12.[Ir]. The number of nitrogens with zero attached hydrogens (tertiary/aromatic N) is 4. The van der Waals surface area contributed by atoms with Crippen molar-refractivity contribution in [3.8, 4) is 39.5 Å². The minimum Gasteiger partial charge on any atom is -0.486 e. The third-order valence-corrected chi connectivity index (χ3v) is 12.3. The van der Waals surface area contributed by atoms with Gasteiger partial charge in [-0.05, 0) is 96.7 Å². The number of rotatable bonds is 6. The summed E-state index contributed by atoms with van der Waals surface area (Å²) in [6.45, 7) is 15.7. The van der Waals surface area contributed by atoms with Crippen molar-refractivity contribution in [1.29, 1.82) is 0 Å². The molecule has 0 unspecified atom stereocenters. The minimum atomic E-state index is -1.30. The number of hydrogen-bond acceptors (Lipinski definition) is 4. The second-order valence-corrected chi connectivity index (χ2v) is 20.2. The number of benzene rings is 5. The molecule has 0 fully saturated rings. The number of imidazole rings is 1. The van der Waals surface area contributed by atoms with Gasteiger partial charge in [-0.1, -0.05) is 91.6 Å². The summed E-state index contributed by atoms with van der Waals surface area (Å²) in [4.78, 5) is 14.4. The van der Waals surface area contributed by atoms with Gasteiger partial charge in [0.25, 0.3) is 0 Å². The molecule has 9 rings (SSSR count). The van der Waals surface area contributed by atoms with Crippen molar-refractivity contribution in [1.82, 2.24) is 19.5 Å². The van der Waals surface area contributed by atoms with E-state index in [0.717, 1.165) is 67.8 Å². The van der Waals surface area contributed by atoms with Crippen LogP contribution in [0.25, 0.3) is 72.6 Å². The molecule has 4 aromatic heterocycles. The molecule has 0 atom stereocenters. The first-order valence-corrected chi connectivity index (χ1v) is 22.4. The van der Waals surface area contributed by atoms with E-state index in [1.807, 2.05) is 55.5 Å². The van der Waals surface area contributed by atoms with Gasteiger partial charge in [0, 0.05) is 43.1 Å². The van der Waals surface area contributed by atoms with Gasteiger partial charge in [0.2, 0.25) is 5.71 Å². The molecule has 7 heteroatoms. The topological polar surface area (TPSA) is 56.7 Å². The molecule has 0 amide bonds. The van der Waals surface area contributed by atoms with Gasteiger partial charge < -0.3 is 14.0 Å². The Morgan fingerprint density at radius 3 is 2.16 bits per heavy atom. The Labute approximate surface area is 343 Å². The largest absolute Gasteiger partial charge is 0.486 e. The molecule has 1 radical (unpaired) electrons. The average Bonchev–Trinajstić information content (AvgIpc) is 3.76. The molecule has 0 aliphatic carbocycles. The maximum atomic E-state index is 6.35. The second-order valence-electron chi connectivity index (χ2n) is 15.2. The van der Waals surface area contributed by atoms with Gasteiger partial charge in [-0.2, -0.15) is 0 Å². The number of furan rings is 1. The first-order valence-electron chi connectivity index (χ1n) is 18.9. The van der Waals surface area contributed by atoms with Crippen LogP contribution in [-0.2, 0) is 26.5 Å². The van der Waals surface area contributed by atoms with Crippen LogP contribution in [0.4, 0.5) is 0 Å². The molecule has 56 heavy (non-hydrogen) atoms. The Bertz CT molecular complexity index is 2800. The molecule has 0 saturated heterocycles. The summed E-state index contributed by atoms with van der Waals surface area (Å²) in [5.41, 5.74) is 14.6. The summed E-state index contributed by atoms with van der Waals surface area (Å²) in [6.07, 6.45) is 3.16. The quantitative estimate of drug-likeness (QED) is 0.123. The zero-order valence-corrected chi connectivity index (χ0v) is 36.3. The van der Waals surface area contributed by atoms with Gasteiger partial charge in [0.15, 0.2) is 0 Å². The summed E-state index contributed by atoms with van der Waals surface area (Å²) in [7, 11) is -1.30. The van der Waals surface area contributed by atoms with Crippen LogP contribution in [0.1, 0.15) is 29.3 Å². The van der Waals surface area contributed by atoms with Gasteiger partial charge >= 0.3 is 0 Å². The number of aromatic nitrogens is 4. The monoisotopic (exact) mass is 925 g/mol. The standard InChI is InChI=1S/C33H24N3O.C16H20NSi.Ir/c1-20-18-24(23-10-5-4-6-11-23)19-21(2)30(20)36-29-15-8-7-14-28(29)35-32(36)27-13-9-12-25-26-17-16-22(3)34-33(26)37-31(25)27;1-5-13-11-15(14-9-7-6-8-10-14)17-12-16(13)18(2,3)4;/h4-12,14-19H,1-3H3;6-9,11-12H,5H2,1-4H3;/q2*-1;. The van der Waals surface area contributed by atoms with E-state index >= 15 is 0 Å². The van der Waals surface area contributed by atoms with Crippen LogP contribution in [0.2, 0.25) is 19.6 Å². The number of pyridine rings is 2. The molecule has 0 bridgehead atoms. The van der Waals surface area contributed by atoms with Crippen LogP contribution in [0, 0.1) is 32.9 Å². The third-order valence-electron chi connectivity index (χ3n) is 10.2. The zero-order chi connectivity index (χ0) is 38.3. The Morgan fingerprint density at radius 2 is 1.45 bits per heavy atom. The minimum absolute atomic E-state index is 0. The van der Waals surface area contributed by atoms with Crippen molar-refractivity contribution in [3.63, 3.8) is 0 Å². The number of aryl methyl sites for hydroxylation is 4. The number of fused-ring (bicyclic) bond motifs is 4. The summed E-state index contributed by atoms with van der Waals surface area (Å²) >= 11 is 0. The van der Waals surface area contributed by atoms with E-state index in [2.05, 4.69) is 146 Å². The Kier molecular flexibility index (Phi) is 11.0. The van der Waals surface area contributed by atoms with E-state index in [-0.39, 0.29) is 20.1 Å². The number of para-hydroxylation sites is 2. The fourth-order valence-corrected chi connectivity index (χ4v) is 9.24. The molecule has 5 nitrogen and oxygen atoms in total. The van der Waals surface area contributed by atoms with E-state index in [4.69, 9.17) is 9.40 Å². The smallest absolute Gasteiger partial charge is 0.216 e. The third kappa shape index (κ3) is 7.43. The normalized spacial score (nSPS) is 11.4. The molecule has 4 heterocycles. The molecule has 0 aliphatic rings. The predicted molar refractivity (Wildman–Crippen MR) is 231 cm³/mol. The van der Waals surface area contributed by atoms with E-state index < -0.39 is 8.07 Å². The van der Waals surface area contributed by atoms with Crippen LogP contribution in [0.5, 0.6) is 0 Å². The average molecular weight is 925 g/mol. The van der Waals surface area contributed by atoms with Crippen LogP contribution in [0.15, 0.2) is 132 Å². The first kappa shape index (κ1) is 38.8. The van der Waals surface area contributed by atoms with Gasteiger partial charge in [0.05, 0.1) is 30.5 Å². The van der Waals surface area contributed by atoms with Crippen LogP contribution in [0.3, 0.4) is 0 Å². The predicted octanol–water partition coefficient (Wildman–Crippen LogP) is 12.0. The van der Waals surface area contributed by atoms with Crippen LogP contribution >= 0.6 is 0 Å². The molecule has 5 aromatic carbocycles. The van der Waals surface area contributed by atoms with Gasteiger partial charge in [0.1, 0.15) is 0 Å². The first-order chi connectivity index (χ1) is 26.6. The van der Waals surface area contributed by atoms with Crippen molar-refractivity contribution >= 4 is 46.4 Å². The van der Waals surface area contributed by atoms with E-state index in [1.54, 1.807) is 0 Å². The van der Waals surface area contributed by atoms with Crippen molar-refractivity contribution in [2.75, 3.05) is 0 Å². The Hall–Kier alpha value is -5.46. The van der Waals surface area contributed by atoms with Crippen molar-refractivity contribution in [2.24, 2.45) is 0 Å². The number of hydrogen-bond donors (Lipinski definition) is 0. The van der Waals surface area contributed by atoms with Gasteiger partial charge in [-0.15, -0.1) is 54.1 Å². The molecule has 0 aliphatic heterocycles. The second kappa shape index (κ2) is 15.9. The van der Waals surface area contributed by atoms with Gasteiger partial charge in [-0.25, -0.2) is 4.98 Å². The van der Waals surface area contributed by atoms with Crippen molar-refractivity contribution in [2.45, 2.75) is 53.8 Å². The molecule has 0 N–H and O–H groups in total. The molecule has 0 spiro atoms. The van der Waals surface area contributed by atoms with E-state index in [1.165, 1.54) is 33.0 Å². The maximum Gasteiger partial charge on any atom is 0.216 e. The van der Waals surface area contributed by atoms with Crippen LogP contribution in [-0.4, -0.2) is 27.6 Å². The zero-order valence-electron chi connectivity index (χ0n) is 32.9. The van der Waals surface area contributed by atoms with Gasteiger partial charge in [-0.3, -0.25) is 4.98 Å². The van der Waals surface area contributed by atoms with Crippen molar-refractivity contribution in [3.05, 3.63) is 162 Å². The Balaban J connectivity index is 0.000000214. The van der Waals surface area contributed by atoms with Crippen molar-refractivity contribution < 1.29 is 24.5 Å². The molecule has 0 saturated carbocycles. The molecule has 281 valence electrons. The fraction of sp³-hybridized carbons (Fsp3) is 0.163. The maximum absolute atomic E-state index is 6.35. The Morgan fingerprint density at radius 1 is 0.714 bits per heavy atom. The molecule has 9 aromatic rings. The fourth-order valence-electron chi connectivity index (χ4n) is 7.57. The van der Waals surface area contributed by atoms with Crippen LogP contribution < -0.4 is 5.19 Å². The van der Waals surface area contributed by atoms with E-state index in [9.17, 15) is 0 Å².